The van der Waals surface area contributed by atoms with E-state index in [0.717, 1.165) is 29.6 Å². The first-order valence-electron chi connectivity index (χ1n) is 9.23. The SMILES string of the molecule is C1CC2(CCN(CC3C4CC5CC(C4)CC3C5)C2)CN1. The van der Waals surface area contributed by atoms with E-state index in [0.29, 0.717) is 5.41 Å². The highest BCUT2D eigenvalue weighted by atomic mass is 15.2. The van der Waals surface area contributed by atoms with Crippen molar-refractivity contribution in [2.45, 2.75) is 44.9 Å². The predicted molar refractivity (Wildman–Crippen MR) is 81.5 cm³/mol. The Bertz CT molecular complexity index is 357. The van der Waals surface area contributed by atoms with Crippen LogP contribution in [0.4, 0.5) is 0 Å². The van der Waals surface area contributed by atoms with Crippen LogP contribution in [0.2, 0.25) is 0 Å². The molecular weight excluding hydrogens is 244 g/mol. The normalized spacial score (nSPS) is 54.3. The number of nitrogens with one attached hydrogen (secondary N) is 1. The Morgan fingerprint density at radius 3 is 2.35 bits per heavy atom. The Morgan fingerprint density at radius 2 is 1.70 bits per heavy atom. The van der Waals surface area contributed by atoms with Gasteiger partial charge >= 0.3 is 0 Å². The van der Waals surface area contributed by atoms with Gasteiger partial charge in [0, 0.05) is 19.6 Å². The van der Waals surface area contributed by atoms with Crippen LogP contribution in [0.15, 0.2) is 0 Å². The highest BCUT2D eigenvalue weighted by Crippen LogP contribution is 2.56. The molecule has 1 N–H and O–H groups in total. The molecule has 1 atom stereocenters. The zero-order valence-corrected chi connectivity index (χ0v) is 12.8. The Hall–Kier alpha value is -0.0800. The molecule has 1 unspecified atom stereocenters. The van der Waals surface area contributed by atoms with Crippen LogP contribution < -0.4 is 5.32 Å². The number of hydrogen-bond donors (Lipinski definition) is 1. The minimum atomic E-state index is 0.673. The molecule has 0 radical (unpaired) electrons. The van der Waals surface area contributed by atoms with Crippen molar-refractivity contribution < 1.29 is 0 Å². The molecule has 2 saturated heterocycles. The number of likely N-dealkylation sites (tertiary alicyclic amines) is 1. The molecule has 2 aliphatic heterocycles. The molecule has 4 bridgehead atoms. The molecule has 6 fully saturated rings. The summed E-state index contributed by atoms with van der Waals surface area (Å²) in [6, 6.07) is 0. The fourth-order valence-electron chi connectivity index (χ4n) is 6.96. The maximum absolute atomic E-state index is 3.60. The fraction of sp³-hybridized carbons (Fsp3) is 1.00. The van der Waals surface area contributed by atoms with Crippen LogP contribution in [0.5, 0.6) is 0 Å². The first-order valence-corrected chi connectivity index (χ1v) is 9.23. The van der Waals surface area contributed by atoms with Crippen LogP contribution in [0.25, 0.3) is 0 Å². The molecule has 0 aromatic rings. The Labute approximate surface area is 123 Å². The topological polar surface area (TPSA) is 15.3 Å². The lowest BCUT2D eigenvalue weighted by molar-refractivity contribution is -0.0476. The van der Waals surface area contributed by atoms with E-state index in [2.05, 4.69) is 10.2 Å². The van der Waals surface area contributed by atoms with Crippen LogP contribution in [0.3, 0.4) is 0 Å². The monoisotopic (exact) mass is 274 g/mol. The fourth-order valence-corrected chi connectivity index (χ4v) is 6.96. The van der Waals surface area contributed by atoms with Crippen molar-refractivity contribution >= 4 is 0 Å². The van der Waals surface area contributed by atoms with E-state index in [4.69, 9.17) is 0 Å². The maximum Gasteiger partial charge on any atom is 0.00512 e. The van der Waals surface area contributed by atoms with E-state index in [-0.39, 0.29) is 0 Å². The molecule has 2 heteroatoms. The van der Waals surface area contributed by atoms with Gasteiger partial charge in [-0.15, -0.1) is 0 Å². The molecule has 6 rings (SSSR count). The van der Waals surface area contributed by atoms with Gasteiger partial charge in [-0.2, -0.15) is 0 Å². The van der Waals surface area contributed by atoms with E-state index in [9.17, 15) is 0 Å². The van der Waals surface area contributed by atoms with Crippen LogP contribution in [0, 0.1) is 35.0 Å². The van der Waals surface area contributed by atoms with Gasteiger partial charge < -0.3 is 10.2 Å². The third kappa shape index (κ3) is 1.90. The van der Waals surface area contributed by atoms with Crippen molar-refractivity contribution in [2.75, 3.05) is 32.7 Å². The van der Waals surface area contributed by atoms with Crippen molar-refractivity contribution in [3.8, 4) is 0 Å². The van der Waals surface area contributed by atoms with Crippen LogP contribution in [0.1, 0.15) is 44.9 Å². The zero-order chi connectivity index (χ0) is 13.2. The zero-order valence-electron chi connectivity index (χ0n) is 12.8. The molecule has 2 nitrogen and oxygen atoms in total. The van der Waals surface area contributed by atoms with Gasteiger partial charge in [0.05, 0.1) is 0 Å². The maximum atomic E-state index is 3.60. The van der Waals surface area contributed by atoms with Crippen molar-refractivity contribution in [1.82, 2.24) is 10.2 Å². The summed E-state index contributed by atoms with van der Waals surface area (Å²) in [6.07, 6.45) is 10.9. The summed E-state index contributed by atoms with van der Waals surface area (Å²) in [7, 11) is 0. The third-order valence-corrected chi connectivity index (χ3v) is 7.74. The number of rotatable bonds is 2. The molecule has 1 spiro atoms. The Balaban J connectivity index is 1.26. The summed E-state index contributed by atoms with van der Waals surface area (Å²) < 4.78 is 0. The Kier molecular flexibility index (Phi) is 2.78. The van der Waals surface area contributed by atoms with Crippen LogP contribution in [-0.4, -0.2) is 37.6 Å². The average molecular weight is 274 g/mol. The van der Waals surface area contributed by atoms with Gasteiger partial charge in [0.15, 0.2) is 0 Å². The highest BCUT2D eigenvalue weighted by Gasteiger charge is 2.49. The van der Waals surface area contributed by atoms with Gasteiger partial charge in [-0.25, -0.2) is 0 Å². The first-order chi connectivity index (χ1) is 9.80. The van der Waals surface area contributed by atoms with Gasteiger partial charge in [0.25, 0.3) is 0 Å². The minimum absolute atomic E-state index is 0.673. The third-order valence-electron chi connectivity index (χ3n) is 7.74. The second kappa shape index (κ2) is 4.46. The molecular formula is C18H30N2. The summed E-state index contributed by atoms with van der Waals surface area (Å²) in [5, 5.41) is 3.60. The van der Waals surface area contributed by atoms with Gasteiger partial charge in [-0.1, -0.05) is 0 Å². The molecule has 4 aliphatic carbocycles. The number of hydrogen-bond acceptors (Lipinski definition) is 2. The molecule has 2 heterocycles. The Morgan fingerprint density at radius 1 is 0.950 bits per heavy atom. The van der Waals surface area contributed by atoms with Crippen molar-refractivity contribution in [2.24, 2.45) is 35.0 Å². The summed E-state index contributed by atoms with van der Waals surface area (Å²) in [5.74, 6) is 5.58. The van der Waals surface area contributed by atoms with Crippen molar-refractivity contribution in [3.05, 3.63) is 0 Å². The van der Waals surface area contributed by atoms with Gasteiger partial charge in [0.2, 0.25) is 0 Å². The van der Waals surface area contributed by atoms with Crippen LogP contribution >= 0.6 is 0 Å². The van der Waals surface area contributed by atoms with Gasteiger partial charge in [-0.3, -0.25) is 0 Å². The lowest BCUT2D eigenvalue weighted by Crippen LogP contribution is -2.49. The second-order valence-electron chi connectivity index (χ2n) is 9.01. The average Bonchev–Trinajstić information content (AvgIpc) is 3.04. The number of nitrogens with zero attached hydrogens (tertiary/aromatic N) is 1. The summed E-state index contributed by atoms with van der Waals surface area (Å²) in [6.45, 7) is 6.82. The minimum Gasteiger partial charge on any atom is -0.316 e. The lowest BCUT2D eigenvalue weighted by Gasteiger charge is -2.55. The van der Waals surface area contributed by atoms with E-state index in [1.165, 1.54) is 45.6 Å². The lowest BCUT2D eigenvalue weighted by atomic mass is 9.52. The van der Waals surface area contributed by atoms with E-state index in [1.807, 2.05) is 0 Å². The largest absolute Gasteiger partial charge is 0.316 e. The molecule has 0 aromatic heterocycles. The standard InChI is InChI=1S/C18H30N2/c1-3-19-11-18(1)2-4-20(12-18)10-17-15-6-13-5-14(8-15)9-16(17)7-13/h13-17,19H,1-12H2. The van der Waals surface area contributed by atoms with Crippen molar-refractivity contribution in [1.29, 1.82) is 0 Å². The quantitative estimate of drug-likeness (QED) is 0.833. The van der Waals surface area contributed by atoms with Crippen LogP contribution in [-0.2, 0) is 0 Å². The molecule has 0 aromatic carbocycles. The molecule has 20 heavy (non-hydrogen) atoms. The smallest absolute Gasteiger partial charge is 0.00512 e. The molecule has 4 saturated carbocycles. The van der Waals surface area contributed by atoms with E-state index >= 15 is 0 Å². The first kappa shape index (κ1) is 12.5. The van der Waals surface area contributed by atoms with E-state index < -0.39 is 0 Å². The van der Waals surface area contributed by atoms with Crippen molar-refractivity contribution in [3.63, 3.8) is 0 Å². The van der Waals surface area contributed by atoms with Gasteiger partial charge in [-0.05, 0) is 93.0 Å². The molecule has 6 aliphatic rings. The van der Waals surface area contributed by atoms with E-state index in [1.54, 1.807) is 32.1 Å². The highest BCUT2D eigenvalue weighted by molar-refractivity contribution is 5.01. The van der Waals surface area contributed by atoms with Gasteiger partial charge in [0.1, 0.15) is 0 Å². The predicted octanol–water partition coefficient (Wildman–Crippen LogP) is 2.74. The molecule has 0 amide bonds. The summed E-state index contributed by atoms with van der Waals surface area (Å²) >= 11 is 0. The molecule has 112 valence electrons. The summed E-state index contributed by atoms with van der Waals surface area (Å²) in [5.41, 5.74) is 0.673. The summed E-state index contributed by atoms with van der Waals surface area (Å²) in [4.78, 5) is 2.86. The second-order valence-corrected chi connectivity index (χ2v) is 9.01.